The van der Waals surface area contributed by atoms with Crippen LogP contribution >= 0.6 is 0 Å². The van der Waals surface area contributed by atoms with Crippen molar-refractivity contribution in [1.29, 1.82) is 0 Å². The van der Waals surface area contributed by atoms with Gasteiger partial charge >= 0.3 is 5.97 Å². The Morgan fingerprint density at radius 1 is 1.36 bits per heavy atom. The van der Waals surface area contributed by atoms with E-state index in [2.05, 4.69) is 4.90 Å². The summed E-state index contributed by atoms with van der Waals surface area (Å²) in [7, 11) is 1.90. The Bertz CT molecular complexity index is 228. The lowest BCUT2D eigenvalue weighted by atomic mass is 9.90. The molecule has 0 aromatic carbocycles. The van der Waals surface area contributed by atoms with E-state index in [4.69, 9.17) is 5.11 Å². The first-order valence-corrected chi connectivity index (χ1v) is 5.35. The SMILES string of the molecule is CN1CCN(C2CCC2)CC1C(=O)O. The molecule has 4 nitrogen and oxygen atoms in total. The molecule has 2 fully saturated rings. The molecule has 0 bridgehead atoms. The zero-order valence-electron chi connectivity index (χ0n) is 8.65. The van der Waals surface area contributed by atoms with Crippen molar-refractivity contribution in [2.45, 2.75) is 31.3 Å². The third kappa shape index (κ3) is 1.77. The number of likely N-dealkylation sites (N-methyl/N-ethyl adjacent to an activating group) is 1. The number of hydrogen-bond acceptors (Lipinski definition) is 3. The molecule has 2 aliphatic rings. The molecule has 1 atom stereocenters. The van der Waals surface area contributed by atoms with E-state index in [-0.39, 0.29) is 6.04 Å². The van der Waals surface area contributed by atoms with Crippen molar-refractivity contribution in [2.75, 3.05) is 26.7 Å². The molecule has 1 aliphatic heterocycles. The predicted molar refractivity (Wildman–Crippen MR) is 53.3 cm³/mol. The second-order valence-electron chi connectivity index (χ2n) is 4.41. The molecule has 1 heterocycles. The maximum absolute atomic E-state index is 11.0. The smallest absolute Gasteiger partial charge is 0.322 e. The van der Waals surface area contributed by atoms with Crippen molar-refractivity contribution in [1.82, 2.24) is 9.80 Å². The van der Waals surface area contributed by atoms with E-state index < -0.39 is 5.97 Å². The Hall–Kier alpha value is -0.610. The fraction of sp³-hybridized carbons (Fsp3) is 0.900. The standard InChI is InChI=1S/C10H18N2O2/c1-11-5-6-12(8-3-2-4-8)7-9(11)10(13)14/h8-9H,2-7H2,1H3,(H,13,14). The topological polar surface area (TPSA) is 43.8 Å². The summed E-state index contributed by atoms with van der Waals surface area (Å²) in [5.41, 5.74) is 0. The summed E-state index contributed by atoms with van der Waals surface area (Å²) in [6.07, 6.45) is 3.83. The molecule has 2 rings (SSSR count). The second kappa shape index (κ2) is 3.87. The van der Waals surface area contributed by atoms with Gasteiger partial charge in [0, 0.05) is 25.7 Å². The van der Waals surface area contributed by atoms with Crippen LogP contribution in [0, 0.1) is 0 Å². The average Bonchev–Trinajstić information content (AvgIpc) is 2.04. The first-order valence-electron chi connectivity index (χ1n) is 5.35. The molecule has 1 saturated heterocycles. The van der Waals surface area contributed by atoms with Crippen LogP contribution in [0.3, 0.4) is 0 Å². The molecule has 0 aromatic heterocycles. The van der Waals surface area contributed by atoms with E-state index in [0.717, 1.165) is 13.1 Å². The summed E-state index contributed by atoms with van der Waals surface area (Å²) < 4.78 is 0. The second-order valence-corrected chi connectivity index (χ2v) is 4.41. The number of carboxylic acids is 1. The third-order valence-electron chi connectivity index (χ3n) is 3.56. The number of rotatable bonds is 2. The quantitative estimate of drug-likeness (QED) is 0.690. The van der Waals surface area contributed by atoms with Gasteiger partial charge in [-0.25, -0.2) is 0 Å². The van der Waals surface area contributed by atoms with E-state index in [1.54, 1.807) is 0 Å². The van der Waals surface area contributed by atoms with Gasteiger partial charge in [0.15, 0.2) is 0 Å². The maximum atomic E-state index is 11.0. The van der Waals surface area contributed by atoms with Crippen molar-refractivity contribution in [3.63, 3.8) is 0 Å². The molecule has 0 aromatic rings. The molecule has 14 heavy (non-hydrogen) atoms. The molecule has 1 saturated carbocycles. The summed E-state index contributed by atoms with van der Waals surface area (Å²) >= 11 is 0. The van der Waals surface area contributed by atoms with Crippen LogP contribution < -0.4 is 0 Å². The molecule has 1 N–H and O–H groups in total. The van der Waals surface area contributed by atoms with Crippen molar-refractivity contribution >= 4 is 5.97 Å². The van der Waals surface area contributed by atoms with Crippen molar-refractivity contribution < 1.29 is 9.90 Å². The van der Waals surface area contributed by atoms with Crippen LogP contribution in [-0.2, 0) is 4.79 Å². The maximum Gasteiger partial charge on any atom is 0.322 e. The highest BCUT2D eigenvalue weighted by molar-refractivity contribution is 5.73. The molecule has 0 amide bonds. The fourth-order valence-corrected chi connectivity index (χ4v) is 2.24. The summed E-state index contributed by atoms with van der Waals surface area (Å²) in [5.74, 6) is -0.684. The highest BCUT2D eigenvalue weighted by Crippen LogP contribution is 2.26. The first-order chi connectivity index (χ1) is 6.68. The molecule has 80 valence electrons. The number of aliphatic carboxylic acids is 1. The Morgan fingerprint density at radius 2 is 2.07 bits per heavy atom. The average molecular weight is 198 g/mol. The highest BCUT2D eigenvalue weighted by atomic mass is 16.4. The van der Waals surface area contributed by atoms with Gasteiger partial charge in [0.1, 0.15) is 6.04 Å². The van der Waals surface area contributed by atoms with Gasteiger partial charge in [0.25, 0.3) is 0 Å². The first kappa shape index (κ1) is 9.93. The van der Waals surface area contributed by atoms with E-state index in [9.17, 15) is 4.79 Å². The molecule has 1 aliphatic carbocycles. The normalized spacial score (nSPS) is 31.4. The largest absolute Gasteiger partial charge is 0.480 e. The van der Waals surface area contributed by atoms with Gasteiger partial charge in [-0.15, -0.1) is 0 Å². The van der Waals surface area contributed by atoms with E-state index >= 15 is 0 Å². The number of piperazine rings is 1. The van der Waals surface area contributed by atoms with E-state index in [1.165, 1.54) is 19.3 Å². The Kier molecular flexibility index (Phi) is 2.74. The van der Waals surface area contributed by atoms with Crippen molar-refractivity contribution in [2.24, 2.45) is 0 Å². The van der Waals surface area contributed by atoms with Crippen LogP contribution in [0.1, 0.15) is 19.3 Å². The van der Waals surface area contributed by atoms with Crippen LogP contribution in [-0.4, -0.2) is 59.6 Å². The molecule has 0 spiro atoms. The lowest BCUT2D eigenvalue weighted by Crippen LogP contribution is -2.58. The monoisotopic (exact) mass is 198 g/mol. The minimum absolute atomic E-state index is 0.302. The summed E-state index contributed by atoms with van der Waals surface area (Å²) in [6.45, 7) is 2.62. The minimum atomic E-state index is -0.684. The lowest BCUT2D eigenvalue weighted by Gasteiger charge is -2.44. The van der Waals surface area contributed by atoms with Crippen molar-refractivity contribution in [3.8, 4) is 0 Å². The number of carboxylic acid groups (broad SMARTS) is 1. The minimum Gasteiger partial charge on any atom is -0.480 e. The van der Waals surface area contributed by atoms with Crippen molar-refractivity contribution in [3.05, 3.63) is 0 Å². The fourth-order valence-electron chi connectivity index (χ4n) is 2.24. The predicted octanol–water partition coefficient (Wildman–Crippen LogP) is 0.239. The zero-order chi connectivity index (χ0) is 10.1. The molecule has 4 heteroatoms. The Labute approximate surface area is 84.5 Å². The molecular weight excluding hydrogens is 180 g/mol. The van der Waals surface area contributed by atoms with Gasteiger partial charge in [-0.2, -0.15) is 0 Å². The Balaban J connectivity index is 1.94. The Morgan fingerprint density at radius 3 is 2.57 bits per heavy atom. The van der Waals surface area contributed by atoms with E-state index in [1.807, 2.05) is 11.9 Å². The number of carbonyl (C=O) groups is 1. The van der Waals surface area contributed by atoms with Gasteiger partial charge in [-0.3, -0.25) is 14.6 Å². The van der Waals surface area contributed by atoms with Crippen LogP contribution in [0.4, 0.5) is 0 Å². The molecular formula is C10H18N2O2. The van der Waals surface area contributed by atoms with Crippen LogP contribution in [0.25, 0.3) is 0 Å². The number of nitrogens with zero attached hydrogens (tertiary/aromatic N) is 2. The van der Waals surface area contributed by atoms with Gasteiger partial charge < -0.3 is 5.11 Å². The summed E-state index contributed by atoms with van der Waals surface area (Å²) in [4.78, 5) is 15.3. The molecule has 0 radical (unpaired) electrons. The number of hydrogen-bond donors (Lipinski definition) is 1. The summed E-state index contributed by atoms with van der Waals surface area (Å²) in [5, 5.41) is 9.03. The van der Waals surface area contributed by atoms with Crippen LogP contribution in [0.15, 0.2) is 0 Å². The van der Waals surface area contributed by atoms with E-state index in [0.29, 0.717) is 12.6 Å². The van der Waals surface area contributed by atoms with Gasteiger partial charge in [0.2, 0.25) is 0 Å². The van der Waals surface area contributed by atoms with Crippen LogP contribution in [0.5, 0.6) is 0 Å². The van der Waals surface area contributed by atoms with Gasteiger partial charge in [-0.05, 0) is 19.9 Å². The van der Waals surface area contributed by atoms with Gasteiger partial charge in [-0.1, -0.05) is 6.42 Å². The van der Waals surface area contributed by atoms with Gasteiger partial charge in [0.05, 0.1) is 0 Å². The summed E-state index contributed by atoms with van der Waals surface area (Å²) in [6, 6.07) is 0.370. The molecule has 1 unspecified atom stereocenters. The van der Waals surface area contributed by atoms with Crippen LogP contribution in [0.2, 0.25) is 0 Å². The highest BCUT2D eigenvalue weighted by Gasteiger charge is 2.34. The zero-order valence-corrected chi connectivity index (χ0v) is 8.65. The lowest BCUT2D eigenvalue weighted by molar-refractivity contribution is -0.145. The third-order valence-corrected chi connectivity index (χ3v) is 3.56.